The number of Topliss-reactive ketones (excluding diaryl/α,β-unsaturated/α-hetero) is 1. The number of benzene rings is 1. The van der Waals surface area contributed by atoms with Gasteiger partial charge in [0.05, 0.1) is 11.3 Å². The van der Waals surface area contributed by atoms with Crippen molar-refractivity contribution in [2.45, 2.75) is 13.0 Å². The van der Waals surface area contributed by atoms with Crippen LogP contribution in [0.5, 0.6) is 0 Å². The number of hydrogen-bond acceptors (Lipinski definition) is 8. The summed E-state index contributed by atoms with van der Waals surface area (Å²) in [5, 5.41) is 12.8. The second-order valence-corrected chi connectivity index (χ2v) is 8.95. The lowest BCUT2D eigenvalue weighted by molar-refractivity contribution is -0.132. The highest BCUT2D eigenvalue weighted by atomic mass is 32.1. The number of halogens is 1. The Balaban J connectivity index is 1.84. The third-order valence-electron chi connectivity index (χ3n) is 4.88. The zero-order valence-corrected chi connectivity index (χ0v) is 18.9. The molecule has 168 valence electrons. The first-order valence-corrected chi connectivity index (χ1v) is 11.4. The highest BCUT2D eigenvalue weighted by Crippen LogP contribution is 2.45. The third kappa shape index (κ3) is 4.10. The number of aliphatic hydroxyl groups excluding tert-OH is 1. The van der Waals surface area contributed by atoms with E-state index < -0.39 is 35.3 Å². The number of aliphatic hydroxyl groups is 1. The molecule has 1 fully saturated rings. The molecule has 4 rings (SSSR count). The van der Waals surface area contributed by atoms with Crippen molar-refractivity contribution in [1.29, 1.82) is 0 Å². The molecule has 0 spiro atoms. The van der Waals surface area contributed by atoms with Gasteiger partial charge in [-0.15, -0.1) is 11.3 Å². The van der Waals surface area contributed by atoms with Crippen molar-refractivity contribution in [3.63, 3.8) is 0 Å². The number of carbonyl (C=O) groups is 3. The number of aryl methyl sites for hydroxylation is 1. The molecule has 1 N–H and O–H groups in total. The van der Waals surface area contributed by atoms with Gasteiger partial charge in [-0.1, -0.05) is 30.1 Å². The van der Waals surface area contributed by atoms with E-state index >= 15 is 0 Å². The highest BCUT2D eigenvalue weighted by molar-refractivity contribution is 7.18. The molecule has 0 radical (unpaired) electrons. The zero-order chi connectivity index (χ0) is 23.7. The maximum atomic E-state index is 13.4. The predicted octanol–water partition coefficient (Wildman–Crippen LogP) is 4.62. The van der Waals surface area contributed by atoms with Crippen LogP contribution < -0.4 is 4.90 Å². The molecule has 1 aromatic carbocycles. The van der Waals surface area contributed by atoms with Gasteiger partial charge in [-0.25, -0.2) is 14.2 Å². The van der Waals surface area contributed by atoms with Crippen LogP contribution >= 0.6 is 22.7 Å². The van der Waals surface area contributed by atoms with Crippen molar-refractivity contribution in [2.24, 2.45) is 0 Å². The summed E-state index contributed by atoms with van der Waals surface area (Å²) in [5.41, 5.74) is 0.395. The molecule has 1 aliphatic rings. The molecular formula is C23H17FN2O5S2. The van der Waals surface area contributed by atoms with Gasteiger partial charge < -0.3 is 9.84 Å². The summed E-state index contributed by atoms with van der Waals surface area (Å²) >= 11 is 2.21. The molecule has 0 aliphatic carbocycles. The quantitative estimate of drug-likeness (QED) is 0.180. The second kappa shape index (κ2) is 9.08. The third-order valence-corrected chi connectivity index (χ3v) is 6.95. The number of thiophene rings is 1. The SMILES string of the molecule is C=CCOC(=O)c1sc(N2C(=O)C(=O)C(=C(O)c3ccc(F)cc3)[C@@H]2c2cccs2)nc1C. The fourth-order valence-corrected chi connectivity index (χ4v) is 5.19. The number of rotatable bonds is 6. The van der Waals surface area contributed by atoms with Crippen molar-refractivity contribution in [2.75, 3.05) is 11.5 Å². The van der Waals surface area contributed by atoms with Gasteiger partial charge in [-0.3, -0.25) is 14.5 Å². The molecule has 7 nitrogen and oxygen atoms in total. The summed E-state index contributed by atoms with van der Waals surface area (Å²) in [6.07, 6.45) is 1.43. The molecule has 3 aromatic rings. The Kier molecular flexibility index (Phi) is 6.21. The van der Waals surface area contributed by atoms with Gasteiger partial charge in [0.15, 0.2) is 5.13 Å². The van der Waals surface area contributed by atoms with E-state index in [-0.39, 0.29) is 27.8 Å². The number of carbonyl (C=O) groups excluding carboxylic acids is 3. The molecule has 0 unspecified atom stereocenters. The number of anilines is 1. The summed E-state index contributed by atoms with van der Waals surface area (Å²) in [4.78, 5) is 44.8. The van der Waals surface area contributed by atoms with E-state index in [0.717, 1.165) is 23.5 Å². The van der Waals surface area contributed by atoms with Crippen LogP contribution in [-0.2, 0) is 14.3 Å². The van der Waals surface area contributed by atoms with Crippen LogP contribution in [0.15, 0.2) is 60.0 Å². The Morgan fingerprint density at radius 3 is 2.67 bits per heavy atom. The van der Waals surface area contributed by atoms with Gasteiger partial charge in [0, 0.05) is 10.4 Å². The van der Waals surface area contributed by atoms with Crippen LogP contribution in [0.3, 0.4) is 0 Å². The van der Waals surface area contributed by atoms with Gasteiger partial charge in [-0.2, -0.15) is 0 Å². The molecular weight excluding hydrogens is 467 g/mol. The van der Waals surface area contributed by atoms with E-state index in [2.05, 4.69) is 11.6 Å². The number of thiazole rings is 1. The molecule has 3 heterocycles. The fourth-order valence-electron chi connectivity index (χ4n) is 3.38. The van der Waals surface area contributed by atoms with Crippen LogP contribution in [-0.4, -0.2) is 34.4 Å². The first-order chi connectivity index (χ1) is 15.8. The first-order valence-electron chi connectivity index (χ1n) is 9.69. The lowest BCUT2D eigenvalue weighted by Crippen LogP contribution is -2.29. The number of nitrogens with zero attached hydrogens (tertiary/aromatic N) is 2. The van der Waals surface area contributed by atoms with Crippen molar-refractivity contribution in [1.82, 2.24) is 4.98 Å². The molecule has 1 saturated heterocycles. The standard InChI is InChI=1S/C23H17FN2O5S2/c1-3-10-31-22(30)20-12(2)25-23(33-20)26-17(15-5-4-11-32-15)16(19(28)21(26)29)18(27)13-6-8-14(24)9-7-13/h3-9,11,17,27H,1,10H2,2H3/t17-/m0/s1. The van der Waals surface area contributed by atoms with Gasteiger partial charge >= 0.3 is 11.9 Å². The summed E-state index contributed by atoms with van der Waals surface area (Å²) in [6.45, 7) is 5.11. The normalized spacial score (nSPS) is 17.4. The topological polar surface area (TPSA) is 96.8 Å². The van der Waals surface area contributed by atoms with E-state index in [1.54, 1.807) is 24.4 Å². The summed E-state index contributed by atoms with van der Waals surface area (Å²) in [7, 11) is 0. The Morgan fingerprint density at radius 1 is 1.30 bits per heavy atom. The Labute approximate surface area is 196 Å². The van der Waals surface area contributed by atoms with E-state index in [9.17, 15) is 23.9 Å². The average molecular weight is 485 g/mol. The van der Waals surface area contributed by atoms with Gasteiger partial charge in [0.2, 0.25) is 0 Å². The summed E-state index contributed by atoms with van der Waals surface area (Å²) in [6, 6.07) is 7.47. The van der Waals surface area contributed by atoms with Crippen molar-refractivity contribution >= 4 is 51.2 Å². The lowest BCUT2D eigenvalue weighted by atomic mass is 10.00. The average Bonchev–Trinajstić information content (AvgIpc) is 3.51. The van der Waals surface area contributed by atoms with Crippen LogP contribution in [0.25, 0.3) is 5.76 Å². The molecule has 0 saturated carbocycles. The van der Waals surface area contributed by atoms with Crippen LogP contribution in [0.4, 0.5) is 9.52 Å². The van der Waals surface area contributed by atoms with Crippen LogP contribution in [0, 0.1) is 12.7 Å². The van der Waals surface area contributed by atoms with Gasteiger partial charge in [0.1, 0.15) is 29.1 Å². The van der Waals surface area contributed by atoms with Crippen molar-refractivity contribution in [3.05, 3.63) is 86.8 Å². The largest absolute Gasteiger partial charge is 0.507 e. The maximum Gasteiger partial charge on any atom is 0.350 e. The number of hydrogen-bond donors (Lipinski definition) is 1. The van der Waals surface area contributed by atoms with E-state index in [0.29, 0.717) is 10.6 Å². The maximum absolute atomic E-state index is 13.4. The minimum absolute atomic E-state index is 0.0168. The molecule has 33 heavy (non-hydrogen) atoms. The van der Waals surface area contributed by atoms with Gasteiger partial charge in [-0.05, 0) is 42.6 Å². The monoisotopic (exact) mass is 484 g/mol. The number of esters is 1. The minimum Gasteiger partial charge on any atom is -0.507 e. The van der Waals surface area contributed by atoms with E-state index in [1.807, 2.05) is 0 Å². The molecule has 1 atom stereocenters. The molecule has 1 amide bonds. The van der Waals surface area contributed by atoms with Crippen molar-refractivity contribution < 1.29 is 28.6 Å². The minimum atomic E-state index is -0.961. The Bertz CT molecular complexity index is 1280. The number of ether oxygens (including phenoxy) is 1. The number of amides is 1. The lowest BCUT2D eigenvalue weighted by Gasteiger charge is -2.21. The molecule has 10 heteroatoms. The second-order valence-electron chi connectivity index (χ2n) is 6.99. The summed E-state index contributed by atoms with van der Waals surface area (Å²) < 4.78 is 18.4. The van der Waals surface area contributed by atoms with E-state index in [4.69, 9.17) is 4.74 Å². The van der Waals surface area contributed by atoms with E-state index in [1.165, 1.54) is 34.4 Å². The molecule has 0 bridgehead atoms. The number of aromatic nitrogens is 1. The fraction of sp³-hybridized carbons (Fsp3) is 0.130. The first kappa shape index (κ1) is 22.6. The Hall–Kier alpha value is -3.63. The summed E-state index contributed by atoms with van der Waals surface area (Å²) in [5.74, 6) is -3.34. The predicted molar refractivity (Wildman–Crippen MR) is 123 cm³/mol. The smallest absolute Gasteiger partial charge is 0.350 e. The zero-order valence-electron chi connectivity index (χ0n) is 17.3. The van der Waals surface area contributed by atoms with Crippen LogP contribution in [0.2, 0.25) is 0 Å². The van der Waals surface area contributed by atoms with Gasteiger partial charge in [0.25, 0.3) is 5.78 Å². The molecule has 2 aromatic heterocycles. The Morgan fingerprint density at radius 2 is 2.03 bits per heavy atom. The van der Waals surface area contributed by atoms with Crippen molar-refractivity contribution in [3.8, 4) is 0 Å². The number of ketones is 1. The highest BCUT2D eigenvalue weighted by Gasteiger charge is 2.48. The molecule has 1 aliphatic heterocycles. The van der Waals surface area contributed by atoms with Crippen LogP contribution in [0.1, 0.15) is 31.8 Å².